The Morgan fingerprint density at radius 1 is 1.28 bits per heavy atom. The van der Waals surface area contributed by atoms with Crippen molar-refractivity contribution in [1.82, 2.24) is 19.8 Å². The van der Waals surface area contributed by atoms with Crippen molar-refractivity contribution in [3.63, 3.8) is 0 Å². The minimum atomic E-state index is -0.322. The average molecular weight is 377 g/mol. The fourth-order valence-corrected chi connectivity index (χ4v) is 5.90. The molecule has 2 fully saturated rings. The van der Waals surface area contributed by atoms with Gasteiger partial charge in [-0.25, -0.2) is 9.97 Å². The Morgan fingerprint density at radius 3 is 2.76 bits per heavy atom. The summed E-state index contributed by atoms with van der Waals surface area (Å²) in [6, 6.07) is 0.259. The van der Waals surface area contributed by atoms with Crippen LogP contribution in [0.1, 0.15) is 42.6 Å². The molecule has 0 unspecified atom stereocenters. The molecule has 5 nitrogen and oxygen atoms in total. The Bertz CT molecular complexity index is 716. The maximum absolute atomic E-state index is 13.5. The number of piperidine rings is 1. The van der Waals surface area contributed by atoms with Gasteiger partial charge in [0.05, 0.1) is 17.0 Å². The van der Waals surface area contributed by atoms with Crippen molar-refractivity contribution in [2.75, 3.05) is 19.6 Å². The Labute approximate surface area is 156 Å². The molecular formula is C18H24N4OS2. The molecule has 0 radical (unpaired) electrons. The van der Waals surface area contributed by atoms with Gasteiger partial charge in [0.1, 0.15) is 5.01 Å². The highest BCUT2D eigenvalue weighted by Gasteiger charge is 2.56. The van der Waals surface area contributed by atoms with Crippen LogP contribution in [0.25, 0.3) is 0 Å². The van der Waals surface area contributed by atoms with E-state index in [1.807, 2.05) is 23.2 Å². The predicted molar refractivity (Wildman–Crippen MR) is 101 cm³/mol. The van der Waals surface area contributed by atoms with E-state index >= 15 is 0 Å². The Kier molecular flexibility index (Phi) is 4.64. The van der Waals surface area contributed by atoms with Crippen LogP contribution in [-0.2, 0) is 11.3 Å². The summed E-state index contributed by atoms with van der Waals surface area (Å²) >= 11 is 3.38. The number of amides is 1. The van der Waals surface area contributed by atoms with Crippen LogP contribution in [0.4, 0.5) is 0 Å². The Balaban J connectivity index is 1.66. The molecule has 25 heavy (non-hydrogen) atoms. The number of thiazole rings is 2. The number of nitrogens with zero attached hydrogens (tertiary/aromatic N) is 4. The van der Waals surface area contributed by atoms with Crippen LogP contribution in [0, 0.1) is 5.41 Å². The number of aromatic nitrogens is 2. The summed E-state index contributed by atoms with van der Waals surface area (Å²) in [6.45, 7) is 7.67. The molecule has 0 N–H and O–H groups in total. The van der Waals surface area contributed by atoms with E-state index in [1.54, 1.807) is 22.7 Å². The fraction of sp³-hybridized carbons (Fsp3) is 0.611. The molecule has 2 aromatic rings. The first-order chi connectivity index (χ1) is 12.1. The van der Waals surface area contributed by atoms with Gasteiger partial charge in [0.2, 0.25) is 5.91 Å². The molecule has 1 amide bonds. The number of hydrogen-bond acceptors (Lipinski definition) is 6. The first kappa shape index (κ1) is 17.1. The van der Waals surface area contributed by atoms with Crippen LogP contribution < -0.4 is 0 Å². The number of carbonyl (C=O) groups is 1. The van der Waals surface area contributed by atoms with Crippen molar-refractivity contribution in [3.05, 3.63) is 33.2 Å². The third-order valence-corrected chi connectivity index (χ3v) is 7.19. The van der Waals surface area contributed by atoms with E-state index in [-0.39, 0.29) is 17.4 Å². The second kappa shape index (κ2) is 6.78. The second-order valence-corrected chi connectivity index (χ2v) is 9.28. The molecule has 2 aliphatic rings. The molecule has 4 rings (SSSR count). The van der Waals surface area contributed by atoms with E-state index in [0.29, 0.717) is 5.91 Å². The number of rotatable bonds is 4. The van der Waals surface area contributed by atoms with Crippen molar-refractivity contribution >= 4 is 28.6 Å². The molecule has 1 spiro atoms. The average Bonchev–Trinajstić information content (AvgIpc) is 3.32. The van der Waals surface area contributed by atoms with Crippen LogP contribution in [0.2, 0.25) is 0 Å². The lowest BCUT2D eigenvalue weighted by molar-refractivity contribution is -0.148. The molecule has 0 saturated carbocycles. The van der Waals surface area contributed by atoms with Crippen molar-refractivity contribution in [3.8, 4) is 0 Å². The van der Waals surface area contributed by atoms with Gasteiger partial charge in [0.15, 0.2) is 0 Å². The summed E-state index contributed by atoms with van der Waals surface area (Å²) in [4.78, 5) is 27.0. The first-order valence-electron chi connectivity index (χ1n) is 8.91. The van der Waals surface area contributed by atoms with Crippen LogP contribution in [0.5, 0.6) is 0 Å². The first-order valence-corrected chi connectivity index (χ1v) is 10.7. The van der Waals surface area contributed by atoms with Crippen LogP contribution in [0.3, 0.4) is 0 Å². The molecule has 2 aliphatic heterocycles. The molecule has 7 heteroatoms. The minimum Gasteiger partial charge on any atom is -0.340 e. The quantitative estimate of drug-likeness (QED) is 0.822. The van der Waals surface area contributed by atoms with Gasteiger partial charge in [-0.1, -0.05) is 0 Å². The summed E-state index contributed by atoms with van der Waals surface area (Å²) in [7, 11) is 0. The van der Waals surface area contributed by atoms with Gasteiger partial charge in [0, 0.05) is 54.7 Å². The highest BCUT2D eigenvalue weighted by molar-refractivity contribution is 7.09. The summed E-state index contributed by atoms with van der Waals surface area (Å²) in [5, 5.41) is 6.28. The third kappa shape index (κ3) is 3.02. The van der Waals surface area contributed by atoms with Crippen molar-refractivity contribution in [1.29, 1.82) is 0 Å². The summed E-state index contributed by atoms with van der Waals surface area (Å²) in [5.41, 5.74) is -0.322. The number of likely N-dealkylation sites (tertiary alicyclic amines) is 2. The monoisotopic (exact) mass is 376 g/mol. The van der Waals surface area contributed by atoms with Gasteiger partial charge in [-0.15, -0.1) is 22.7 Å². The third-order valence-electron chi connectivity index (χ3n) is 5.54. The van der Waals surface area contributed by atoms with E-state index in [2.05, 4.69) is 33.6 Å². The van der Waals surface area contributed by atoms with Gasteiger partial charge in [0.25, 0.3) is 0 Å². The lowest BCUT2D eigenvalue weighted by Crippen LogP contribution is -2.54. The maximum Gasteiger partial charge on any atom is 0.231 e. The van der Waals surface area contributed by atoms with Gasteiger partial charge >= 0.3 is 0 Å². The zero-order chi connectivity index (χ0) is 17.4. The summed E-state index contributed by atoms with van der Waals surface area (Å²) in [6.07, 6.45) is 5.77. The van der Waals surface area contributed by atoms with E-state index in [9.17, 15) is 4.79 Å². The van der Waals surface area contributed by atoms with E-state index in [0.717, 1.165) is 49.0 Å². The zero-order valence-corrected chi connectivity index (χ0v) is 16.4. The molecule has 134 valence electrons. The van der Waals surface area contributed by atoms with Crippen LogP contribution >= 0.6 is 22.7 Å². The molecule has 0 aliphatic carbocycles. The molecule has 0 aromatic carbocycles. The summed E-state index contributed by atoms with van der Waals surface area (Å²) < 4.78 is 0. The van der Waals surface area contributed by atoms with Gasteiger partial charge in [-0.2, -0.15) is 0 Å². The Hall–Kier alpha value is -1.31. The molecule has 2 saturated heterocycles. The Morgan fingerprint density at radius 2 is 2.08 bits per heavy atom. The summed E-state index contributed by atoms with van der Waals surface area (Å²) in [5.74, 6) is 0.525. The lowest BCUT2D eigenvalue weighted by atomic mass is 9.71. The molecule has 2 aromatic heterocycles. The zero-order valence-electron chi connectivity index (χ0n) is 14.7. The van der Waals surface area contributed by atoms with E-state index < -0.39 is 0 Å². The SMILES string of the molecule is CC(C)N1CCC[C@]2(CN(Cc3nccs3)C[C@H]2c2nccs2)C1=O. The van der Waals surface area contributed by atoms with Gasteiger partial charge in [-0.3, -0.25) is 9.69 Å². The fourth-order valence-electron chi connectivity index (χ4n) is 4.39. The minimum absolute atomic E-state index is 0.196. The number of hydrogen-bond donors (Lipinski definition) is 0. The maximum atomic E-state index is 13.5. The topological polar surface area (TPSA) is 49.3 Å². The normalized spacial score (nSPS) is 27.7. The van der Waals surface area contributed by atoms with Gasteiger partial charge in [-0.05, 0) is 26.7 Å². The standard InChI is InChI=1S/C18H24N4OS2/c1-13(2)22-7-3-4-18(17(22)23)12-21(11-15-19-5-8-24-15)10-14(18)16-20-6-9-25-16/h5-6,8-9,13-14H,3-4,7,10-12H2,1-2H3/t14-,18+/m0/s1. The van der Waals surface area contributed by atoms with Crippen molar-refractivity contribution in [2.45, 2.75) is 45.2 Å². The van der Waals surface area contributed by atoms with E-state index in [1.165, 1.54) is 0 Å². The van der Waals surface area contributed by atoms with Crippen molar-refractivity contribution in [2.24, 2.45) is 5.41 Å². The molecule has 2 atom stereocenters. The predicted octanol–water partition coefficient (Wildman–Crippen LogP) is 3.22. The molecule has 4 heterocycles. The highest BCUT2D eigenvalue weighted by Crippen LogP contribution is 2.50. The smallest absolute Gasteiger partial charge is 0.231 e. The van der Waals surface area contributed by atoms with Crippen LogP contribution in [0.15, 0.2) is 23.2 Å². The largest absolute Gasteiger partial charge is 0.340 e. The highest BCUT2D eigenvalue weighted by atomic mass is 32.1. The lowest BCUT2D eigenvalue weighted by Gasteiger charge is -2.43. The van der Waals surface area contributed by atoms with Gasteiger partial charge < -0.3 is 4.90 Å². The van der Waals surface area contributed by atoms with Crippen LogP contribution in [-0.4, -0.2) is 51.4 Å². The van der Waals surface area contributed by atoms with Crippen molar-refractivity contribution < 1.29 is 4.79 Å². The van der Waals surface area contributed by atoms with E-state index in [4.69, 9.17) is 0 Å². The molecule has 0 bridgehead atoms. The number of carbonyl (C=O) groups excluding carboxylic acids is 1. The second-order valence-electron chi connectivity index (χ2n) is 7.37. The molecular weight excluding hydrogens is 352 g/mol.